The molecule has 0 heterocycles. The van der Waals surface area contributed by atoms with E-state index >= 15 is 0 Å². The summed E-state index contributed by atoms with van der Waals surface area (Å²) in [5.74, 6) is -4.47. The van der Waals surface area contributed by atoms with Crippen molar-refractivity contribution in [3.05, 3.63) is 52.3 Å². The number of halogens is 5. The zero-order chi connectivity index (χ0) is 18.8. The molecule has 0 amide bonds. The minimum Gasteiger partial charge on any atom is -0.456 e. The summed E-state index contributed by atoms with van der Waals surface area (Å²) < 4.78 is 67.9. The summed E-state index contributed by atoms with van der Waals surface area (Å²) in [4.78, 5) is -0.680. The van der Waals surface area contributed by atoms with Gasteiger partial charge in [-0.2, -0.15) is 14.0 Å². The van der Waals surface area contributed by atoms with Crippen molar-refractivity contribution in [2.45, 2.75) is 16.0 Å². The number of sulfone groups is 1. The van der Waals surface area contributed by atoms with Gasteiger partial charge in [0.05, 0.1) is 10.5 Å². The van der Waals surface area contributed by atoms with Crippen LogP contribution in [-0.2, 0) is 15.2 Å². The number of rotatable bonds is 5. The van der Waals surface area contributed by atoms with E-state index in [4.69, 9.17) is 16.3 Å². The molecule has 0 N–H and O–H groups in total. The number of alkyl halides is 3. The monoisotopic (exact) mass is 453 g/mol. The molecule has 25 heavy (non-hydrogen) atoms. The third-order valence-corrected chi connectivity index (χ3v) is 5.33. The lowest BCUT2D eigenvalue weighted by atomic mass is 10.1. The third kappa shape index (κ3) is 4.08. The maximum Gasteiger partial charge on any atom is 0.341 e. The SMILES string of the molecule is N#Cc1c(Oc2cc(F)cc(Cl)c2)ccc(S(=O)(=O)C(F)F)c1CBr. The molecule has 2 aromatic rings. The van der Waals surface area contributed by atoms with Crippen LogP contribution in [0.4, 0.5) is 13.2 Å². The van der Waals surface area contributed by atoms with Crippen LogP contribution in [0, 0.1) is 17.1 Å². The van der Waals surface area contributed by atoms with E-state index in [1.54, 1.807) is 6.07 Å². The van der Waals surface area contributed by atoms with E-state index in [-0.39, 0.29) is 33.0 Å². The third-order valence-electron chi connectivity index (χ3n) is 3.08. The van der Waals surface area contributed by atoms with Gasteiger partial charge in [0.2, 0.25) is 9.84 Å². The van der Waals surface area contributed by atoms with E-state index in [9.17, 15) is 26.9 Å². The van der Waals surface area contributed by atoms with Crippen LogP contribution >= 0.6 is 27.5 Å². The molecular formula is C15H8BrClF3NO3S. The highest BCUT2D eigenvalue weighted by Crippen LogP contribution is 2.35. The molecule has 0 aliphatic rings. The highest BCUT2D eigenvalue weighted by atomic mass is 79.9. The van der Waals surface area contributed by atoms with Gasteiger partial charge in [0.25, 0.3) is 0 Å². The Morgan fingerprint density at radius 2 is 1.96 bits per heavy atom. The number of nitrogens with zero attached hydrogens (tertiary/aromatic N) is 1. The standard InChI is InChI=1S/C15H8BrClF3NO3S/c16-6-11-12(7-21)13(1-2-14(11)25(22,23)15(19)20)24-10-4-8(17)3-9(18)5-10/h1-5,15H,6H2. The first kappa shape index (κ1) is 19.6. The Morgan fingerprint density at radius 1 is 1.28 bits per heavy atom. The summed E-state index contributed by atoms with van der Waals surface area (Å²) in [6.45, 7) is 0. The molecule has 0 spiro atoms. The Balaban J connectivity index is 2.60. The number of hydrogen-bond acceptors (Lipinski definition) is 4. The van der Waals surface area contributed by atoms with Crippen LogP contribution in [0.2, 0.25) is 5.02 Å². The Labute approximate surface area is 154 Å². The van der Waals surface area contributed by atoms with Gasteiger partial charge >= 0.3 is 5.76 Å². The van der Waals surface area contributed by atoms with Crippen molar-refractivity contribution in [1.29, 1.82) is 5.26 Å². The molecular weight excluding hydrogens is 447 g/mol. The van der Waals surface area contributed by atoms with Gasteiger partial charge in [0.15, 0.2) is 0 Å². The molecule has 0 aliphatic heterocycles. The first-order chi connectivity index (χ1) is 11.7. The summed E-state index contributed by atoms with van der Waals surface area (Å²) >= 11 is 8.70. The van der Waals surface area contributed by atoms with Crippen molar-refractivity contribution in [2.75, 3.05) is 0 Å². The van der Waals surface area contributed by atoms with Crippen LogP contribution in [-0.4, -0.2) is 14.2 Å². The molecule has 2 aromatic carbocycles. The average molecular weight is 455 g/mol. The van der Waals surface area contributed by atoms with Gasteiger partial charge in [-0.1, -0.05) is 27.5 Å². The van der Waals surface area contributed by atoms with E-state index in [1.807, 2.05) is 0 Å². The van der Waals surface area contributed by atoms with Gasteiger partial charge in [-0.3, -0.25) is 0 Å². The molecule has 0 fully saturated rings. The summed E-state index contributed by atoms with van der Waals surface area (Å²) in [5, 5.41) is 9.18. The fourth-order valence-corrected chi connectivity index (χ4v) is 3.97. The second-order valence-electron chi connectivity index (χ2n) is 4.67. The normalized spacial score (nSPS) is 11.4. The molecule has 0 atom stereocenters. The van der Waals surface area contributed by atoms with Crippen LogP contribution in [0.3, 0.4) is 0 Å². The second kappa shape index (κ2) is 7.64. The Hall–Kier alpha value is -1.76. The van der Waals surface area contributed by atoms with Crippen molar-refractivity contribution >= 4 is 37.4 Å². The highest BCUT2D eigenvalue weighted by molar-refractivity contribution is 9.08. The van der Waals surface area contributed by atoms with Crippen LogP contribution in [0.1, 0.15) is 11.1 Å². The maximum atomic E-state index is 13.4. The molecule has 0 saturated heterocycles. The fourth-order valence-electron chi connectivity index (χ4n) is 2.02. The highest BCUT2D eigenvalue weighted by Gasteiger charge is 2.31. The van der Waals surface area contributed by atoms with Crippen molar-refractivity contribution in [2.24, 2.45) is 0 Å². The van der Waals surface area contributed by atoms with E-state index in [2.05, 4.69) is 15.9 Å². The molecule has 0 aromatic heterocycles. The zero-order valence-corrected chi connectivity index (χ0v) is 15.3. The zero-order valence-electron chi connectivity index (χ0n) is 12.1. The molecule has 0 bridgehead atoms. The Kier molecular flexibility index (Phi) is 5.98. The molecule has 0 aliphatic carbocycles. The molecule has 0 unspecified atom stereocenters. The predicted octanol–water partition coefficient (Wildman–Crippen LogP) is 5.03. The number of ether oxygens (including phenoxy) is 1. The van der Waals surface area contributed by atoms with E-state index in [0.29, 0.717) is 0 Å². The molecule has 2 rings (SSSR count). The number of hydrogen-bond donors (Lipinski definition) is 0. The molecule has 10 heteroatoms. The summed E-state index contributed by atoms with van der Waals surface area (Å²) in [6, 6.07) is 7.02. The van der Waals surface area contributed by atoms with Gasteiger partial charge in [-0.25, -0.2) is 12.8 Å². The fraction of sp³-hybridized carbons (Fsp3) is 0.133. The Bertz CT molecular complexity index is 941. The van der Waals surface area contributed by atoms with E-state index in [0.717, 1.165) is 24.3 Å². The van der Waals surface area contributed by atoms with Crippen LogP contribution < -0.4 is 4.74 Å². The van der Waals surface area contributed by atoms with Crippen LogP contribution in [0.15, 0.2) is 35.2 Å². The van der Waals surface area contributed by atoms with Gasteiger partial charge < -0.3 is 4.74 Å². The van der Waals surface area contributed by atoms with Crippen molar-refractivity contribution < 1.29 is 26.3 Å². The van der Waals surface area contributed by atoms with E-state index < -0.39 is 26.3 Å². The minimum absolute atomic E-state index is 0.0357. The van der Waals surface area contributed by atoms with Crippen molar-refractivity contribution in [3.63, 3.8) is 0 Å². The first-order valence-corrected chi connectivity index (χ1v) is 9.53. The molecule has 4 nitrogen and oxygen atoms in total. The van der Waals surface area contributed by atoms with Gasteiger partial charge in [-0.05, 0) is 24.3 Å². The molecule has 0 radical (unpaired) electrons. The number of nitriles is 1. The van der Waals surface area contributed by atoms with Crippen molar-refractivity contribution in [1.82, 2.24) is 0 Å². The van der Waals surface area contributed by atoms with Crippen LogP contribution in [0.25, 0.3) is 0 Å². The predicted molar refractivity (Wildman–Crippen MR) is 88.5 cm³/mol. The van der Waals surface area contributed by atoms with Crippen LogP contribution in [0.5, 0.6) is 11.5 Å². The van der Waals surface area contributed by atoms with E-state index in [1.165, 1.54) is 6.07 Å². The lowest BCUT2D eigenvalue weighted by Crippen LogP contribution is -2.14. The van der Waals surface area contributed by atoms with Crippen molar-refractivity contribution in [3.8, 4) is 17.6 Å². The lowest BCUT2D eigenvalue weighted by Gasteiger charge is -2.14. The first-order valence-electron chi connectivity index (χ1n) is 6.48. The Morgan fingerprint density at radius 3 is 2.48 bits per heavy atom. The van der Waals surface area contributed by atoms with Gasteiger partial charge in [0, 0.05) is 22.0 Å². The van der Waals surface area contributed by atoms with Gasteiger partial charge in [-0.15, -0.1) is 0 Å². The summed E-state index contributed by atoms with van der Waals surface area (Å²) in [7, 11) is -4.91. The summed E-state index contributed by atoms with van der Waals surface area (Å²) in [6.07, 6.45) is 0. The molecule has 132 valence electrons. The maximum absolute atomic E-state index is 13.4. The smallest absolute Gasteiger partial charge is 0.341 e. The average Bonchev–Trinajstić information content (AvgIpc) is 2.52. The van der Waals surface area contributed by atoms with Gasteiger partial charge in [0.1, 0.15) is 23.4 Å². The lowest BCUT2D eigenvalue weighted by molar-refractivity contribution is 0.234. The minimum atomic E-state index is -4.91. The second-order valence-corrected chi connectivity index (χ2v) is 7.56. The number of benzene rings is 2. The molecule has 0 saturated carbocycles. The summed E-state index contributed by atoms with van der Waals surface area (Å²) in [5.41, 5.74) is -0.443. The largest absolute Gasteiger partial charge is 0.456 e. The quantitative estimate of drug-likeness (QED) is 0.594. The topological polar surface area (TPSA) is 67.2 Å².